The zero-order valence-electron chi connectivity index (χ0n) is 11.5. The maximum absolute atomic E-state index is 12.6. The number of anilines is 1. The van der Waals surface area contributed by atoms with Crippen LogP contribution in [0.1, 0.15) is 11.3 Å². The van der Waals surface area contributed by atoms with E-state index in [0.29, 0.717) is 16.4 Å². The van der Waals surface area contributed by atoms with Crippen LogP contribution in [0.2, 0.25) is 10.0 Å². The van der Waals surface area contributed by atoms with E-state index in [4.69, 9.17) is 23.2 Å². The third kappa shape index (κ3) is 3.38. The summed E-state index contributed by atoms with van der Waals surface area (Å²) in [5.41, 5.74) is 1.01. The van der Waals surface area contributed by atoms with E-state index < -0.39 is 11.7 Å². The van der Waals surface area contributed by atoms with Gasteiger partial charge in [-0.1, -0.05) is 23.2 Å². The lowest BCUT2D eigenvalue weighted by atomic mass is 10.2. The Morgan fingerprint density at radius 3 is 2.61 bits per heavy atom. The van der Waals surface area contributed by atoms with Gasteiger partial charge in [0.25, 0.3) is 0 Å². The molecule has 23 heavy (non-hydrogen) atoms. The molecule has 1 aromatic carbocycles. The highest BCUT2D eigenvalue weighted by molar-refractivity contribution is 6.35. The Labute approximate surface area is 139 Å². The molecule has 0 amide bonds. The van der Waals surface area contributed by atoms with E-state index in [2.05, 4.69) is 15.3 Å². The second kappa shape index (κ2) is 5.94. The molecule has 3 rings (SSSR count). The van der Waals surface area contributed by atoms with Crippen LogP contribution in [0.3, 0.4) is 0 Å². The van der Waals surface area contributed by atoms with E-state index in [9.17, 15) is 13.2 Å². The smallest absolute Gasteiger partial charge is 0.379 e. The van der Waals surface area contributed by atoms with Gasteiger partial charge in [0.1, 0.15) is 0 Å². The van der Waals surface area contributed by atoms with Crippen molar-refractivity contribution in [2.24, 2.45) is 0 Å². The Bertz CT molecular complexity index is 859. The summed E-state index contributed by atoms with van der Waals surface area (Å²) in [6.45, 7) is 0.180. The molecule has 0 bridgehead atoms. The fourth-order valence-corrected chi connectivity index (χ4v) is 2.68. The number of H-pyrrole nitrogens is 1. The van der Waals surface area contributed by atoms with Crippen LogP contribution < -0.4 is 5.32 Å². The lowest BCUT2D eigenvalue weighted by molar-refractivity contribution is -0.137. The molecule has 0 saturated carbocycles. The molecular weight excluding hydrogens is 350 g/mol. The van der Waals surface area contributed by atoms with Crippen molar-refractivity contribution >= 4 is 39.8 Å². The summed E-state index contributed by atoms with van der Waals surface area (Å²) in [4.78, 5) is 6.82. The summed E-state index contributed by atoms with van der Waals surface area (Å²) in [5, 5.41) is 4.47. The number of nitrogens with one attached hydrogen (secondary N) is 2. The van der Waals surface area contributed by atoms with Gasteiger partial charge in [0, 0.05) is 29.0 Å². The van der Waals surface area contributed by atoms with Crippen LogP contribution in [-0.2, 0) is 12.7 Å². The predicted molar refractivity (Wildman–Crippen MR) is 84.9 cm³/mol. The largest absolute Gasteiger partial charge is 0.417 e. The maximum Gasteiger partial charge on any atom is 0.417 e. The first kappa shape index (κ1) is 16.0. The molecule has 120 valence electrons. The molecular formula is C15H10Cl2F3N3. The zero-order chi connectivity index (χ0) is 16.6. The van der Waals surface area contributed by atoms with Crippen molar-refractivity contribution < 1.29 is 13.2 Å². The molecule has 2 aromatic heterocycles. The molecule has 0 spiro atoms. The zero-order valence-corrected chi connectivity index (χ0v) is 13.0. The van der Waals surface area contributed by atoms with Gasteiger partial charge in [-0.3, -0.25) is 4.98 Å². The number of halogens is 5. The van der Waals surface area contributed by atoms with Crippen LogP contribution in [0.5, 0.6) is 0 Å². The van der Waals surface area contributed by atoms with Gasteiger partial charge in [-0.05, 0) is 24.3 Å². The van der Waals surface area contributed by atoms with Crippen LogP contribution in [0.4, 0.5) is 18.9 Å². The Hall–Kier alpha value is -1.92. The quantitative estimate of drug-likeness (QED) is 0.648. The number of aromatic nitrogens is 2. The van der Waals surface area contributed by atoms with Crippen molar-refractivity contribution in [3.05, 3.63) is 58.0 Å². The molecule has 3 nitrogen and oxygen atoms in total. The molecule has 0 fully saturated rings. The van der Waals surface area contributed by atoms with Gasteiger partial charge in [-0.25, -0.2) is 0 Å². The highest BCUT2D eigenvalue weighted by atomic mass is 35.5. The topological polar surface area (TPSA) is 40.7 Å². The lowest BCUT2D eigenvalue weighted by Gasteiger charge is -2.11. The third-order valence-electron chi connectivity index (χ3n) is 3.32. The standard InChI is InChI=1S/C15H10Cl2F3N3/c16-11-4-9(5-13-10(11)1-2-21-13)22-7-14-12(17)3-8(6-23-14)15(18,19)20/h1-6,21-22H,7H2. The molecule has 0 aliphatic heterocycles. The second-order valence-electron chi connectivity index (χ2n) is 4.90. The van der Waals surface area contributed by atoms with E-state index in [1.807, 2.05) is 12.1 Å². The van der Waals surface area contributed by atoms with Crippen LogP contribution in [0.25, 0.3) is 10.9 Å². The van der Waals surface area contributed by atoms with E-state index >= 15 is 0 Å². The molecule has 0 aliphatic carbocycles. The first-order valence-electron chi connectivity index (χ1n) is 6.57. The fourth-order valence-electron chi connectivity index (χ4n) is 2.16. The summed E-state index contributed by atoms with van der Waals surface area (Å²) in [5.74, 6) is 0. The van der Waals surface area contributed by atoms with Gasteiger partial charge in [0.05, 0.1) is 27.8 Å². The average molecular weight is 360 g/mol. The normalized spacial score (nSPS) is 11.9. The van der Waals surface area contributed by atoms with Crippen molar-refractivity contribution in [1.29, 1.82) is 0 Å². The van der Waals surface area contributed by atoms with Crippen molar-refractivity contribution in [2.45, 2.75) is 12.7 Å². The average Bonchev–Trinajstić information content (AvgIpc) is 2.94. The third-order valence-corrected chi connectivity index (χ3v) is 3.96. The Balaban J connectivity index is 1.79. The minimum Gasteiger partial charge on any atom is -0.379 e. The molecule has 0 radical (unpaired) electrons. The summed E-state index contributed by atoms with van der Waals surface area (Å²) in [7, 11) is 0. The first-order valence-corrected chi connectivity index (χ1v) is 7.32. The molecule has 2 heterocycles. The molecule has 8 heteroatoms. The maximum atomic E-state index is 12.6. The number of hydrogen-bond acceptors (Lipinski definition) is 2. The van der Waals surface area contributed by atoms with Gasteiger partial charge >= 0.3 is 6.18 Å². The van der Waals surface area contributed by atoms with Crippen LogP contribution in [-0.4, -0.2) is 9.97 Å². The summed E-state index contributed by atoms with van der Waals surface area (Å²) in [6.07, 6.45) is -1.92. The monoisotopic (exact) mass is 359 g/mol. The number of pyridine rings is 1. The van der Waals surface area contributed by atoms with Gasteiger partial charge in [-0.2, -0.15) is 13.2 Å². The van der Waals surface area contributed by atoms with Gasteiger partial charge in [-0.15, -0.1) is 0 Å². The molecule has 0 unspecified atom stereocenters. The minimum atomic E-state index is -4.46. The second-order valence-corrected chi connectivity index (χ2v) is 5.72. The van der Waals surface area contributed by atoms with E-state index in [1.54, 1.807) is 12.3 Å². The van der Waals surface area contributed by atoms with Crippen molar-refractivity contribution in [2.75, 3.05) is 5.32 Å². The SMILES string of the molecule is FC(F)(F)c1cnc(CNc2cc(Cl)c3cc[nH]c3c2)c(Cl)c1. The molecule has 0 aliphatic rings. The molecule has 0 atom stereocenters. The van der Waals surface area contributed by atoms with Gasteiger partial charge < -0.3 is 10.3 Å². The van der Waals surface area contributed by atoms with E-state index in [0.717, 1.165) is 23.2 Å². The Kier molecular flexibility index (Phi) is 4.12. The van der Waals surface area contributed by atoms with Crippen molar-refractivity contribution in [3.63, 3.8) is 0 Å². The van der Waals surface area contributed by atoms with Crippen LogP contribution >= 0.6 is 23.2 Å². The Morgan fingerprint density at radius 1 is 1.13 bits per heavy atom. The fraction of sp³-hybridized carbons (Fsp3) is 0.133. The number of rotatable bonds is 3. The minimum absolute atomic E-state index is 0.0422. The number of fused-ring (bicyclic) bond motifs is 1. The number of hydrogen-bond donors (Lipinski definition) is 2. The molecule has 2 N–H and O–H groups in total. The van der Waals surface area contributed by atoms with Gasteiger partial charge in [0.15, 0.2) is 0 Å². The summed E-state index contributed by atoms with van der Waals surface area (Å²) >= 11 is 12.0. The summed E-state index contributed by atoms with van der Waals surface area (Å²) in [6, 6.07) is 6.30. The number of nitrogens with zero attached hydrogens (tertiary/aromatic N) is 1. The van der Waals surface area contributed by atoms with Crippen LogP contribution in [0.15, 0.2) is 36.7 Å². The highest BCUT2D eigenvalue weighted by Crippen LogP contribution is 2.31. The van der Waals surface area contributed by atoms with Gasteiger partial charge in [0.2, 0.25) is 0 Å². The highest BCUT2D eigenvalue weighted by Gasteiger charge is 2.31. The van der Waals surface area contributed by atoms with E-state index in [1.165, 1.54) is 0 Å². The van der Waals surface area contributed by atoms with Crippen molar-refractivity contribution in [1.82, 2.24) is 9.97 Å². The van der Waals surface area contributed by atoms with E-state index in [-0.39, 0.29) is 11.6 Å². The number of alkyl halides is 3. The van der Waals surface area contributed by atoms with Crippen molar-refractivity contribution in [3.8, 4) is 0 Å². The predicted octanol–water partition coefficient (Wildman–Crippen LogP) is 5.50. The summed E-state index contributed by atoms with van der Waals surface area (Å²) < 4.78 is 37.7. The lowest BCUT2D eigenvalue weighted by Crippen LogP contribution is -2.08. The number of aromatic amines is 1. The first-order chi connectivity index (χ1) is 10.8. The van der Waals surface area contributed by atoms with Crippen LogP contribution in [0, 0.1) is 0 Å². The Morgan fingerprint density at radius 2 is 1.91 bits per heavy atom. The number of benzene rings is 1. The molecule has 0 saturated heterocycles. The molecule has 3 aromatic rings.